The molecule has 1 N–H and O–H groups in total. The summed E-state index contributed by atoms with van der Waals surface area (Å²) in [7, 11) is 0. The van der Waals surface area contributed by atoms with Crippen LogP contribution in [-0.4, -0.2) is 36.0 Å². The smallest absolute Gasteiger partial charge is 0.128 e. The Morgan fingerprint density at radius 2 is 1.76 bits per heavy atom. The fourth-order valence-corrected chi connectivity index (χ4v) is 2.28. The van der Waals surface area contributed by atoms with E-state index >= 15 is 0 Å². The molecule has 0 bridgehead atoms. The van der Waals surface area contributed by atoms with Crippen molar-refractivity contribution in [1.82, 2.24) is 4.90 Å². The zero-order valence-electron chi connectivity index (χ0n) is 10.1. The Hall–Kier alpha value is -1.06. The van der Waals surface area contributed by atoms with Gasteiger partial charge in [-0.15, -0.1) is 0 Å². The van der Waals surface area contributed by atoms with Gasteiger partial charge in [0.2, 0.25) is 0 Å². The van der Waals surface area contributed by atoms with Crippen LogP contribution in [0, 0.1) is 5.41 Å². The number of ether oxygens (including phenoxy) is 1. The number of nitrogens with zero attached hydrogens (tertiary/aromatic N) is 1. The molecule has 2 rings (SSSR count). The van der Waals surface area contributed by atoms with Gasteiger partial charge in [-0.3, -0.25) is 5.41 Å². The number of hydrogen-bond donors (Lipinski definition) is 1. The van der Waals surface area contributed by atoms with Crippen LogP contribution in [0.15, 0.2) is 24.3 Å². The highest BCUT2D eigenvalue weighted by Crippen LogP contribution is 2.16. The van der Waals surface area contributed by atoms with Gasteiger partial charge in [-0.25, -0.2) is 0 Å². The summed E-state index contributed by atoms with van der Waals surface area (Å²) >= 11 is 5.84. The Kier molecular flexibility index (Phi) is 3.69. The van der Waals surface area contributed by atoms with Crippen LogP contribution in [0.3, 0.4) is 0 Å². The van der Waals surface area contributed by atoms with E-state index in [1.165, 1.54) is 0 Å². The summed E-state index contributed by atoms with van der Waals surface area (Å²) in [5.41, 5.74) is 0.899. The van der Waals surface area contributed by atoms with Crippen LogP contribution in [0.1, 0.15) is 19.4 Å². The quantitative estimate of drug-likeness (QED) is 0.616. The Morgan fingerprint density at radius 3 is 2.29 bits per heavy atom. The highest BCUT2D eigenvalue weighted by Gasteiger charge is 2.24. The highest BCUT2D eigenvalue weighted by atomic mass is 35.5. The Labute approximate surface area is 107 Å². The molecule has 1 aromatic rings. The molecule has 0 radical (unpaired) electrons. The maximum Gasteiger partial charge on any atom is 0.128 e. The van der Waals surface area contributed by atoms with E-state index in [0.717, 1.165) is 18.7 Å². The fourth-order valence-electron chi connectivity index (χ4n) is 2.15. The van der Waals surface area contributed by atoms with E-state index in [1.54, 1.807) is 0 Å². The van der Waals surface area contributed by atoms with Gasteiger partial charge in [-0.1, -0.05) is 11.6 Å². The van der Waals surface area contributed by atoms with Crippen LogP contribution in [0.25, 0.3) is 0 Å². The van der Waals surface area contributed by atoms with Crippen molar-refractivity contribution in [2.24, 2.45) is 0 Å². The molecular weight excluding hydrogens is 236 g/mol. The summed E-state index contributed by atoms with van der Waals surface area (Å²) in [6.07, 6.45) is 0.345. The molecule has 0 spiro atoms. The first-order valence-electron chi connectivity index (χ1n) is 5.81. The summed E-state index contributed by atoms with van der Waals surface area (Å²) < 4.78 is 5.66. The average molecular weight is 253 g/mol. The first-order valence-corrected chi connectivity index (χ1v) is 6.19. The Balaban J connectivity index is 2.11. The number of halogens is 1. The molecule has 4 heteroatoms. The zero-order chi connectivity index (χ0) is 12.4. The van der Waals surface area contributed by atoms with Gasteiger partial charge in [0.15, 0.2) is 0 Å². The van der Waals surface area contributed by atoms with Crippen molar-refractivity contribution in [1.29, 1.82) is 5.41 Å². The summed E-state index contributed by atoms with van der Waals surface area (Å²) in [5, 5.41) is 8.90. The van der Waals surface area contributed by atoms with E-state index in [1.807, 2.05) is 38.1 Å². The minimum atomic E-state index is 0.173. The van der Waals surface area contributed by atoms with Crippen molar-refractivity contribution >= 4 is 17.4 Å². The summed E-state index contributed by atoms with van der Waals surface area (Å²) in [4.78, 5) is 2.06. The third-order valence-corrected chi connectivity index (χ3v) is 3.11. The van der Waals surface area contributed by atoms with E-state index in [0.29, 0.717) is 10.9 Å². The van der Waals surface area contributed by atoms with Crippen molar-refractivity contribution in [3.63, 3.8) is 0 Å². The molecule has 0 saturated carbocycles. The van der Waals surface area contributed by atoms with Crippen molar-refractivity contribution in [3.05, 3.63) is 34.9 Å². The standard InChI is InChI=1S/C13H17ClN2O/c1-9-7-16(8-10(2)17-9)13(15)11-3-5-12(14)6-4-11/h3-6,9-10,15H,7-8H2,1-2H3/t9-,10+. The minimum Gasteiger partial charge on any atom is -0.372 e. The molecule has 0 aliphatic carbocycles. The molecule has 0 amide bonds. The zero-order valence-corrected chi connectivity index (χ0v) is 10.9. The normalized spacial score (nSPS) is 24.8. The SMILES string of the molecule is C[C@@H]1CN(C(=N)c2ccc(Cl)cc2)C[C@H](C)O1. The maximum absolute atomic E-state index is 8.20. The molecular formula is C13H17ClN2O. The second-order valence-electron chi connectivity index (χ2n) is 4.52. The van der Waals surface area contributed by atoms with E-state index in [-0.39, 0.29) is 12.2 Å². The molecule has 1 aliphatic rings. The molecule has 1 saturated heterocycles. The number of benzene rings is 1. The maximum atomic E-state index is 8.20. The second kappa shape index (κ2) is 5.07. The average Bonchev–Trinajstić information content (AvgIpc) is 2.28. The van der Waals surface area contributed by atoms with E-state index < -0.39 is 0 Å². The molecule has 1 heterocycles. The lowest BCUT2D eigenvalue weighted by Gasteiger charge is -2.36. The third kappa shape index (κ3) is 2.99. The van der Waals surface area contributed by atoms with Crippen LogP contribution in [0.5, 0.6) is 0 Å². The van der Waals surface area contributed by atoms with Gasteiger partial charge in [-0.2, -0.15) is 0 Å². The predicted octanol–water partition coefficient (Wildman–Crippen LogP) is 2.77. The van der Waals surface area contributed by atoms with Crippen LogP contribution >= 0.6 is 11.6 Å². The molecule has 2 atom stereocenters. The first kappa shape index (κ1) is 12.4. The molecule has 17 heavy (non-hydrogen) atoms. The van der Waals surface area contributed by atoms with Crippen molar-refractivity contribution in [2.75, 3.05) is 13.1 Å². The highest BCUT2D eigenvalue weighted by molar-refractivity contribution is 6.30. The van der Waals surface area contributed by atoms with Gasteiger partial charge in [0.1, 0.15) is 5.84 Å². The van der Waals surface area contributed by atoms with Gasteiger partial charge in [0.25, 0.3) is 0 Å². The number of amidine groups is 1. The number of morpholine rings is 1. The van der Waals surface area contributed by atoms with Crippen LogP contribution in [-0.2, 0) is 4.74 Å². The lowest BCUT2D eigenvalue weighted by molar-refractivity contribution is -0.0480. The summed E-state index contributed by atoms with van der Waals surface area (Å²) in [5.74, 6) is 0.545. The van der Waals surface area contributed by atoms with Gasteiger partial charge in [0.05, 0.1) is 12.2 Å². The summed E-state index contributed by atoms with van der Waals surface area (Å²) in [6.45, 7) is 5.62. The Morgan fingerprint density at radius 1 is 1.24 bits per heavy atom. The van der Waals surface area contributed by atoms with Crippen LogP contribution < -0.4 is 0 Å². The van der Waals surface area contributed by atoms with Gasteiger partial charge in [0, 0.05) is 23.7 Å². The fraction of sp³-hybridized carbons (Fsp3) is 0.462. The van der Waals surface area contributed by atoms with Crippen molar-refractivity contribution in [3.8, 4) is 0 Å². The molecule has 1 aliphatic heterocycles. The van der Waals surface area contributed by atoms with Crippen molar-refractivity contribution in [2.45, 2.75) is 26.1 Å². The van der Waals surface area contributed by atoms with Crippen LogP contribution in [0.4, 0.5) is 0 Å². The van der Waals surface area contributed by atoms with Gasteiger partial charge in [-0.05, 0) is 38.1 Å². The number of hydrogen-bond acceptors (Lipinski definition) is 2. The molecule has 92 valence electrons. The predicted molar refractivity (Wildman–Crippen MR) is 69.9 cm³/mol. The van der Waals surface area contributed by atoms with E-state index in [2.05, 4.69) is 4.90 Å². The molecule has 0 unspecified atom stereocenters. The second-order valence-corrected chi connectivity index (χ2v) is 4.95. The number of rotatable bonds is 1. The topological polar surface area (TPSA) is 36.3 Å². The molecule has 1 aromatic carbocycles. The van der Waals surface area contributed by atoms with Gasteiger partial charge >= 0.3 is 0 Å². The summed E-state index contributed by atoms with van der Waals surface area (Å²) in [6, 6.07) is 7.41. The molecule has 0 aromatic heterocycles. The lowest BCUT2D eigenvalue weighted by atomic mass is 10.1. The lowest BCUT2D eigenvalue weighted by Crippen LogP contribution is -2.48. The Bertz CT molecular complexity index is 394. The minimum absolute atomic E-state index is 0.173. The van der Waals surface area contributed by atoms with E-state index in [9.17, 15) is 0 Å². The third-order valence-electron chi connectivity index (χ3n) is 2.85. The molecule has 1 fully saturated rings. The van der Waals surface area contributed by atoms with E-state index in [4.69, 9.17) is 21.7 Å². The monoisotopic (exact) mass is 252 g/mol. The molecule has 3 nitrogen and oxygen atoms in total. The van der Waals surface area contributed by atoms with Crippen LogP contribution in [0.2, 0.25) is 5.02 Å². The van der Waals surface area contributed by atoms with Gasteiger partial charge < -0.3 is 9.64 Å². The number of nitrogens with one attached hydrogen (secondary N) is 1. The first-order chi connectivity index (χ1) is 8.06. The largest absolute Gasteiger partial charge is 0.372 e. The van der Waals surface area contributed by atoms with Crippen molar-refractivity contribution < 1.29 is 4.74 Å².